The van der Waals surface area contributed by atoms with Gasteiger partial charge in [0.2, 0.25) is 0 Å². The molecule has 0 bridgehead atoms. The molecule has 0 aromatic heterocycles. The van der Waals surface area contributed by atoms with Crippen molar-refractivity contribution in [2.45, 2.75) is 46.1 Å². The van der Waals surface area contributed by atoms with Gasteiger partial charge in [-0.15, -0.1) is 0 Å². The van der Waals surface area contributed by atoms with Crippen LogP contribution < -0.4 is 4.90 Å². The molecule has 1 rings (SSSR count). The summed E-state index contributed by atoms with van der Waals surface area (Å²) in [6, 6.07) is 5.06. The number of unbranched alkanes of at least 4 members (excludes halogenated alkanes) is 2. The molecule has 18 heavy (non-hydrogen) atoms. The molecule has 0 heterocycles. The fourth-order valence-electron chi connectivity index (χ4n) is 2.08. The monoisotopic (exact) mass is 251 g/mol. The third-order valence-electron chi connectivity index (χ3n) is 3.08. The first kappa shape index (κ1) is 14.7. The van der Waals surface area contributed by atoms with Crippen molar-refractivity contribution in [3.63, 3.8) is 0 Å². The summed E-state index contributed by atoms with van der Waals surface area (Å²) in [5.41, 5.74) is 0.874. The third-order valence-corrected chi connectivity index (χ3v) is 3.08. The van der Waals surface area contributed by atoms with E-state index in [4.69, 9.17) is 0 Å². The number of rotatable bonds is 7. The summed E-state index contributed by atoms with van der Waals surface area (Å²) in [4.78, 5) is 13.1. The predicted molar refractivity (Wildman–Crippen MR) is 73.8 cm³/mol. The van der Waals surface area contributed by atoms with Crippen molar-refractivity contribution in [2.24, 2.45) is 0 Å². The summed E-state index contributed by atoms with van der Waals surface area (Å²) in [7, 11) is 0. The van der Waals surface area contributed by atoms with Gasteiger partial charge in [-0.3, -0.25) is 4.79 Å². The Morgan fingerprint density at radius 2 is 2.06 bits per heavy atom. The maximum absolute atomic E-state index is 13.6. The average molecular weight is 251 g/mol. The summed E-state index contributed by atoms with van der Waals surface area (Å²) in [5.74, 6) is -0.441. The molecule has 0 N–H and O–H groups in total. The number of anilines is 1. The molecule has 0 aliphatic heterocycles. The maximum atomic E-state index is 13.6. The molecule has 0 spiro atoms. The topological polar surface area (TPSA) is 20.3 Å². The SMILES string of the molecule is CCCCCN(c1cccc(F)c1C=O)C(C)C. The van der Waals surface area contributed by atoms with Crippen LogP contribution in [-0.4, -0.2) is 18.9 Å². The zero-order valence-corrected chi connectivity index (χ0v) is 11.4. The minimum atomic E-state index is -0.441. The van der Waals surface area contributed by atoms with Gasteiger partial charge < -0.3 is 4.90 Å². The number of hydrogen-bond donors (Lipinski definition) is 0. The van der Waals surface area contributed by atoms with Gasteiger partial charge in [0.1, 0.15) is 5.82 Å². The van der Waals surface area contributed by atoms with Crippen LogP contribution in [0.5, 0.6) is 0 Å². The van der Waals surface area contributed by atoms with E-state index in [9.17, 15) is 9.18 Å². The van der Waals surface area contributed by atoms with Gasteiger partial charge in [0, 0.05) is 12.6 Å². The predicted octanol–water partition coefficient (Wildman–Crippen LogP) is 4.04. The molecule has 0 atom stereocenters. The van der Waals surface area contributed by atoms with E-state index in [1.165, 1.54) is 6.07 Å². The molecule has 0 unspecified atom stereocenters. The molecular formula is C15H22FNO. The number of carbonyl (C=O) groups excluding carboxylic acids is 1. The van der Waals surface area contributed by atoms with Crippen LogP contribution in [-0.2, 0) is 0 Å². The minimum Gasteiger partial charge on any atom is -0.368 e. The summed E-state index contributed by atoms with van der Waals surface area (Å²) < 4.78 is 13.6. The van der Waals surface area contributed by atoms with E-state index in [1.54, 1.807) is 6.07 Å². The smallest absolute Gasteiger partial charge is 0.155 e. The first-order valence-corrected chi connectivity index (χ1v) is 6.62. The quantitative estimate of drug-likeness (QED) is 0.538. The largest absolute Gasteiger partial charge is 0.368 e. The van der Waals surface area contributed by atoms with Gasteiger partial charge in [-0.25, -0.2) is 4.39 Å². The zero-order valence-electron chi connectivity index (χ0n) is 11.4. The van der Waals surface area contributed by atoms with Crippen molar-refractivity contribution in [3.05, 3.63) is 29.6 Å². The molecule has 0 aliphatic carbocycles. The lowest BCUT2D eigenvalue weighted by Gasteiger charge is -2.30. The van der Waals surface area contributed by atoms with Gasteiger partial charge >= 0.3 is 0 Å². The van der Waals surface area contributed by atoms with E-state index < -0.39 is 5.82 Å². The maximum Gasteiger partial charge on any atom is 0.155 e. The molecule has 3 heteroatoms. The van der Waals surface area contributed by atoms with Crippen molar-refractivity contribution in [1.29, 1.82) is 0 Å². The number of carbonyl (C=O) groups is 1. The Balaban J connectivity index is 2.98. The van der Waals surface area contributed by atoms with E-state index in [0.717, 1.165) is 25.8 Å². The van der Waals surface area contributed by atoms with Crippen LogP contribution in [0.3, 0.4) is 0 Å². The van der Waals surface area contributed by atoms with E-state index in [-0.39, 0.29) is 11.6 Å². The summed E-state index contributed by atoms with van der Waals surface area (Å²) >= 11 is 0. The van der Waals surface area contributed by atoms with Gasteiger partial charge in [-0.05, 0) is 32.4 Å². The number of aldehydes is 1. The van der Waals surface area contributed by atoms with Crippen molar-refractivity contribution in [1.82, 2.24) is 0 Å². The highest BCUT2D eigenvalue weighted by atomic mass is 19.1. The number of hydrogen-bond acceptors (Lipinski definition) is 2. The summed E-state index contributed by atoms with van der Waals surface area (Å²) in [6.07, 6.45) is 3.97. The molecular weight excluding hydrogens is 229 g/mol. The molecule has 0 fully saturated rings. The molecule has 1 aromatic carbocycles. The standard InChI is InChI=1S/C15H22FNO/c1-4-5-6-10-17(12(2)3)15-9-7-8-14(16)13(15)11-18/h7-9,11-12H,4-6,10H2,1-3H3. The number of halogens is 1. The first-order chi connectivity index (χ1) is 8.61. The Bertz CT molecular complexity index is 390. The molecule has 0 aliphatic rings. The second-order valence-corrected chi connectivity index (χ2v) is 4.78. The van der Waals surface area contributed by atoms with Crippen LogP contribution >= 0.6 is 0 Å². The van der Waals surface area contributed by atoms with Gasteiger partial charge in [0.15, 0.2) is 6.29 Å². The lowest BCUT2D eigenvalue weighted by atomic mass is 10.1. The van der Waals surface area contributed by atoms with Gasteiger partial charge in [0.05, 0.1) is 11.3 Å². The third kappa shape index (κ3) is 3.56. The van der Waals surface area contributed by atoms with Crippen molar-refractivity contribution in [3.8, 4) is 0 Å². The van der Waals surface area contributed by atoms with E-state index in [2.05, 4.69) is 25.7 Å². The Morgan fingerprint density at radius 3 is 2.61 bits per heavy atom. The lowest BCUT2D eigenvalue weighted by molar-refractivity contribution is 0.112. The molecule has 0 radical (unpaired) electrons. The fraction of sp³-hybridized carbons (Fsp3) is 0.533. The Labute approximate surface area is 109 Å². The summed E-state index contributed by atoms with van der Waals surface area (Å²) in [5, 5.41) is 0. The van der Waals surface area contributed by atoms with Crippen molar-refractivity contribution < 1.29 is 9.18 Å². The highest BCUT2D eigenvalue weighted by Gasteiger charge is 2.16. The number of benzene rings is 1. The van der Waals surface area contributed by atoms with Crippen LogP contribution in [0.1, 0.15) is 50.4 Å². The first-order valence-electron chi connectivity index (χ1n) is 6.62. The van der Waals surface area contributed by atoms with Gasteiger partial charge in [0.25, 0.3) is 0 Å². The lowest BCUT2D eigenvalue weighted by Crippen LogP contribution is -2.32. The minimum absolute atomic E-state index is 0.169. The summed E-state index contributed by atoms with van der Waals surface area (Å²) in [6.45, 7) is 7.13. The molecule has 0 amide bonds. The Morgan fingerprint density at radius 1 is 1.33 bits per heavy atom. The molecule has 0 saturated heterocycles. The molecule has 2 nitrogen and oxygen atoms in total. The average Bonchev–Trinajstić information content (AvgIpc) is 2.34. The highest BCUT2D eigenvalue weighted by molar-refractivity contribution is 5.85. The van der Waals surface area contributed by atoms with Crippen LogP contribution in [0.4, 0.5) is 10.1 Å². The van der Waals surface area contributed by atoms with Gasteiger partial charge in [-0.2, -0.15) is 0 Å². The van der Waals surface area contributed by atoms with Crippen LogP contribution in [0.15, 0.2) is 18.2 Å². The molecule has 0 saturated carbocycles. The molecule has 1 aromatic rings. The van der Waals surface area contributed by atoms with Gasteiger partial charge in [-0.1, -0.05) is 25.8 Å². The fourth-order valence-corrected chi connectivity index (χ4v) is 2.08. The Hall–Kier alpha value is -1.38. The Kier molecular flexibility index (Phi) is 5.83. The molecule has 100 valence electrons. The van der Waals surface area contributed by atoms with Crippen molar-refractivity contribution >= 4 is 12.0 Å². The van der Waals surface area contributed by atoms with E-state index in [1.807, 2.05) is 6.07 Å². The highest BCUT2D eigenvalue weighted by Crippen LogP contribution is 2.24. The normalized spacial score (nSPS) is 10.7. The number of nitrogens with zero attached hydrogens (tertiary/aromatic N) is 1. The van der Waals surface area contributed by atoms with Crippen LogP contribution in [0, 0.1) is 5.82 Å². The van der Waals surface area contributed by atoms with E-state index >= 15 is 0 Å². The van der Waals surface area contributed by atoms with Crippen molar-refractivity contribution in [2.75, 3.05) is 11.4 Å². The zero-order chi connectivity index (χ0) is 13.5. The second-order valence-electron chi connectivity index (χ2n) is 4.78. The second kappa shape index (κ2) is 7.14. The van der Waals surface area contributed by atoms with E-state index in [0.29, 0.717) is 12.0 Å². The van der Waals surface area contributed by atoms with Crippen LogP contribution in [0.2, 0.25) is 0 Å². The van der Waals surface area contributed by atoms with Crippen LogP contribution in [0.25, 0.3) is 0 Å².